The summed E-state index contributed by atoms with van der Waals surface area (Å²) >= 11 is 0. The van der Waals surface area contributed by atoms with Gasteiger partial charge in [0.1, 0.15) is 17.5 Å². The molecule has 0 aliphatic rings. The minimum atomic E-state index is -0.699. The lowest BCUT2D eigenvalue weighted by molar-refractivity contribution is 0.0658. The highest BCUT2D eigenvalue weighted by Crippen LogP contribution is 2.26. The lowest BCUT2D eigenvalue weighted by atomic mass is 10.1. The van der Waals surface area contributed by atoms with Gasteiger partial charge in [0.25, 0.3) is 5.91 Å². The van der Waals surface area contributed by atoms with Crippen LogP contribution in [0.1, 0.15) is 40.4 Å². The van der Waals surface area contributed by atoms with E-state index in [0.29, 0.717) is 34.1 Å². The van der Waals surface area contributed by atoms with Crippen LogP contribution in [0.25, 0.3) is 10.9 Å². The van der Waals surface area contributed by atoms with Gasteiger partial charge in [-0.2, -0.15) is 5.10 Å². The fraction of sp³-hybridized carbons (Fsp3) is 0.217. The van der Waals surface area contributed by atoms with Crippen LogP contribution in [-0.4, -0.2) is 43.1 Å². The number of amides is 1. The number of hydrogen-bond donors (Lipinski definition) is 1. The maximum absolute atomic E-state index is 15.1. The highest BCUT2D eigenvalue weighted by atomic mass is 19.1. The molecule has 1 aromatic carbocycles. The van der Waals surface area contributed by atoms with Crippen molar-refractivity contribution in [2.45, 2.75) is 26.4 Å². The largest absolute Gasteiger partial charge is 0.480 e. The smallest absolute Gasteiger partial charge is 0.257 e. The van der Waals surface area contributed by atoms with Gasteiger partial charge in [-0.3, -0.25) is 4.79 Å². The molecule has 4 rings (SSSR count). The van der Waals surface area contributed by atoms with E-state index in [1.54, 1.807) is 50.5 Å². The van der Waals surface area contributed by atoms with Gasteiger partial charge in [-0.15, -0.1) is 5.10 Å². The number of benzene rings is 1. The van der Waals surface area contributed by atoms with Gasteiger partial charge < -0.3 is 15.4 Å². The molecule has 0 fully saturated rings. The second kappa shape index (κ2) is 9.11. The molecular formula is C23H22FN7O2. The number of nitrogens with two attached hydrogens (primary N) is 1. The average molecular weight is 447 g/mol. The molecule has 0 spiro atoms. The maximum atomic E-state index is 15.1. The molecule has 0 radical (unpaired) electrons. The molecule has 0 aliphatic heterocycles. The van der Waals surface area contributed by atoms with Crippen molar-refractivity contribution in [3.8, 4) is 5.88 Å². The zero-order valence-corrected chi connectivity index (χ0v) is 18.4. The monoisotopic (exact) mass is 447 g/mol. The van der Waals surface area contributed by atoms with Crippen molar-refractivity contribution in [3.05, 3.63) is 77.3 Å². The van der Waals surface area contributed by atoms with E-state index in [1.165, 1.54) is 24.1 Å². The van der Waals surface area contributed by atoms with Gasteiger partial charge in [0, 0.05) is 29.9 Å². The van der Waals surface area contributed by atoms with Crippen molar-refractivity contribution in [3.63, 3.8) is 0 Å². The molecule has 2 N–H and O–H groups in total. The van der Waals surface area contributed by atoms with E-state index in [2.05, 4.69) is 25.1 Å². The number of nitrogen functional groups attached to an aromatic ring is 1. The number of fused-ring (bicyclic) bond motifs is 1. The SMILES string of the molecule is COc1ccc(CN(C(=O)c2cc3cc(C)c(N)nc3cc2F)C(C)c2ncccn2)nn1. The lowest BCUT2D eigenvalue weighted by Crippen LogP contribution is -2.35. The van der Waals surface area contributed by atoms with Crippen LogP contribution in [0.2, 0.25) is 0 Å². The van der Waals surface area contributed by atoms with Crippen molar-refractivity contribution in [1.82, 2.24) is 30.0 Å². The minimum Gasteiger partial charge on any atom is -0.480 e. The van der Waals surface area contributed by atoms with E-state index >= 15 is 4.39 Å². The molecule has 4 aromatic rings. The summed E-state index contributed by atoms with van der Waals surface area (Å²) in [6.45, 7) is 3.64. The van der Waals surface area contributed by atoms with Gasteiger partial charge in [-0.25, -0.2) is 19.3 Å². The molecule has 10 heteroatoms. The third-order valence-corrected chi connectivity index (χ3v) is 5.29. The summed E-state index contributed by atoms with van der Waals surface area (Å²) < 4.78 is 20.1. The van der Waals surface area contributed by atoms with Gasteiger partial charge in [0.2, 0.25) is 5.88 Å². The van der Waals surface area contributed by atoms with E-state index in [9.17, 15) is 4.79 Å². The van der Waals surface area contributed by atoms with Crippen LogP contribution in [0.5, 0.6) is 5.88 Å². The molecule has 168 valence electrons. The topological polar surface area (TPSA) is 120 Å². The molecule has 0 aliphatic carbocycles. The number of carbonyl (C=O) groups excluding carboxylic acids is 1. The number of methoxy groups -OCH3 is 1. The highest BCUT2D eigenvalue weighted by Gasteiger charge is 2.28. The summed E-state index contributed by atoms with van der Waals surface area (Å²) in [6, 6.07) is 8.93. The summed E-state index contributed by atoms with van der Waals surface area (Å²) in [5.41, 5.74) is 7.36. The van der Waals surface area contributed by atoms with Gasteiger partial charge in [0.15, 0.2) is 0 Å². The number of pyridine rings is 1. The maximum Gasteiger partial charge on any atom is 0.257 e. The Balaban J connectivity index is 1.76. The second-order valence-corrected chi connectivity index (χ2v) is 7.50. The van der Waals surface area contributed by atoms with E-state index in [4.69, 9.17) is 10.5 Å². The predicted octanol–water partition coefficient (Wildman–Crippen LogP) is 3.26. The number of hydrogen-bond acceptors (Lipinski definition) is 8. The van der Waals surface area contributed by atoms with E-state index < -0.39 is 17.8 Å². The van der Waals surface area contributed by atoms with Crippen molar-refractivity contribution in [2.75, 3.05) is 12.8 Å². The number of aryl methyl sites for hydroxylation is 1. The van der Waals surface area contributed by atoms with Crippen LogP contribution in [0, 0.1) is 12.7 Å². The Hall–Kier alpha value is -4.21. The average Bonchev–Trinajstić information content (AvgIpc) is 2.83. The minimum absolute atomic E-state index is 0.0613. The first-order chi connectivity index (χ1) is 15.9. The third kappa shape index (κ3) is 4.54. The van der Waals surface area contributed by atoms with Gasteiger partial charge in [-0.1, -0.05) is 0 Å². The van der Waals surface area contributed by atoms with E-state index in [-0.39, 0.29) is 12.1 Å². The fourth-order valence-electron chi connectivity index (χ4n) is 3.40. The van der Waals surface area contributed by atoms with Crippen molar-refractivity contribution in [2.24, 2.45) is 0 Å². The number of aromatic nitrogens is 5. The van der Waals surface area contributed by atoms with Gasteiger partial charge in [-0.05, 0) is 43.7 Å². The molecular weight excluding hydrogens is 425 g/mol. The van der Waals surface area contributed by atoms with Crippen LogP contribution >= 0.6 is 0 Å². The molecule has 3 aromatic heterocycles. The molecule has 0 saturated heterocycles. The summed E-state index contributed by atoms with van der Waals surface area (Å²) in [6.07, 6.45) is 3.17. The number of nitrogens with zero attached hydrogens (tertiary/aromatic N) is 6. The first-order valence-corrected chi connectivity index (χ1v) is 10.2. The molecule has 9 nitrogen and oxygen atoms in total. The van der Waals surface area contributed by atoms with Crippen molar-refractivity contribution >= 4 is 22.6 Å². The standard InChI is InChI=1S/C23H22FN7O2/c1-13-9-15-10-17(18(24)11-19(15)28-21(13)25)23(32)31(14(2)22-26-7-4-8-27-22)12-16-5-6-20(33-3)30-29-16/h4-11,14H,12H2,1-3H3,(H2,25,28). The predicted molar refractivity (Wildman–Crippen MR) is 120 cm³/mol. The zero-order valence-electron chi connectivity index (χ0n) is 18.4. The first kappa shape index (κ1) is 22.0. The normalized spacial score (nSPS) is 11.9. The number of rotatable bonds is 6. The summed E-state index contributed by atoms with van der Waals surface area (Å²) in [4.78, 5) is 27.8. The molecule has 3 heterocycles. The molecule has 0 bridgehead atoms. The number of anilines is 1. The molecule has 1 atom stereocenters. The van der Waals surface area contributed by atoms with Crippen LogP contribution in [0.15, 0.2) is 48.8 Å². The van der Waals surface area contributed by atoms with Crippen molar-refractivity contribution in [1.29, 1.82) is 0 Å². The van der Waals surface area contributed by atoms with Gasteiger partial charge in [0.05, 0.1) is 36.5 Å². The zero-order chi connectivity index (χ0) is 23.5. The molecule has 1 unspecified atom stereocenters. The Morgan fingerprint density at radius 2 is 1.94 bits per heavy atom. The van der Waals surface area contributed by atoms with E-state index in [0.717, 1.165) is 5.56 Å². The van der Waals surface area contributed by atoms with Crippen LogP contribution in [0.3, 0.4) is 0 Å². The summed E-state index contributed by atoms with van der Waals surface area (Å²) in [5.74, 6) is -0.162. The molecule has 0 saturated carbocycles. The quantitative estimate of drug-likeness (QED) is 0.478. The molecule has 1 amide bonds. The lowest BCUT2D eigenvalue weighted by Gasteiger charge is -2.28. The number of halogens is 1. The Morgan fingerprint density at radius 3 is 2.61 bits per heavy atom. The Bertz CT molecular complexity index is 1300. The highest BCUT2D eigenvalue weighted by molar-refractivity contribution is 5.98. The summed E-state index contributed by atoms with van der Waals surface area (Å²) in [7, 11) is 1.49. The Kier molecular flexibility index (Phi) is 6.07. The Labute approximate surface area is 189 Å². The number of ether oxygens (including phenoxy) is 1. The van der Waals surface area contributed by atoms with Crippen LogP contribution in [0.4, 0.5) is 10.2 Å². The molecule has 33 heavy (non-hydrogen) atoms. The van der Waals surface area contributed by atoms with Crippen LogP contribution < -0.4 is 10.5 Å². The summed E-state index contributed by atoms with van der Waals surface area (Å²) in [5, 5.41) is 8.67. The fourth-order valence-corrected chi connectivity index (χ4v) is 3.40. The van der Waals surface area contributed by atoms with Crippen molar-refractivity contribution < 1.29 is 13.9 Å². The number of carbonyl (C=O) groups is 1. The van der Waals surface area contributed by atoms with Crippen LogP contribution in [-0.2, 0) is 6.54 Å². The first-order valence-electron chi connectivity index (χ1n) is 10.2. The van der Waals surface area contributed by atoms with E-state index in [1.807, 2.05) is 0 Å². The third-order valence-electron chi connectivity index (χ3n) is 5.29. The van der Waals surface area contributed by atoms with Gasteiger partial charge >= 0.3 is 0 Å². The Morgan fingerprint density at radius 1 is 1.18 bits per heavy atom. The second-order valence-electron chi connectivity index (χ2n) is 7.50.